The second-order valence-electron chi connectivity index (χ2n) is 4.41. The van der Waals surface area contributed by atoms with Crippen LogP contribution in [0.4, 0.5) is 4.39 Å². The summed E-state index contributed by atoms with van der Waals surface area (Å²) in [5.41, 5.74) is 3.97. The maximum Gasteiger partial charge on any atom is 0.123 e. The molecule has 90 valence electrons. The van der Waals surface area contributed by atoms with Gasteiger partial charge in [0.05, 0.1) is 11.6 Å². The summed E-state index contributed by atoms with van der Waals surface area (Å²) in [6.45, 7) is 5.73. The van der Waals surface area contributed by atoms with Crippen molar-refractivity contribution in [3.63, 3.8) is 0 Å². The number of hydrogen-bond acceptors (Lipinski definition) is 3. The van der Waals surface area contributed by atoms with E-state index in [1.54, 1.807) is 13.2 Å². The van der Waals surface area contributed by atoms with Crippen molar-refractivity contribution in [3.05, 3.63) is 35.1 Å². The monoisotopic (exact) mass is 226 g/mol. The van der Waals surface area contributed by atoms with Crippen molar-refractivity contribution in [1.82, 2.24) is 5.43 Å². The van der Waals surface area contributed by atoms with Crippen LogP contribution in [-0.2, 0) is 4.74 Å². The lowest BCUT2D eigenvalue weighted by atomic mass is 9.89. The number of benzene rings is 1. The van der Waals surface area contributed by atoms with E-state index in [4.69, 9.17) is 10.6 Å². The Hall–Kier alpha value is -0.970. The number of nitrogens with one attached hydrogen (secondary N) is 1. The molecule has 0 aromatic heterocycles. The minimum absolute atomic E-state index is 0.256. The summed E-state index contributed by atoms with van der Waals surface area (Å²) in [4.78, 5) is 0. The van der Waals surface area contributed by atoms with E-state index in [9.17, 15) is 4.39 Å². The molecule has 0 saturated carbocycles. The molecule has 1 aromatic rings. The zero-order valence-corrected chi connectivity index (χ0v) is 10.2. The average molecular weight is 226 g/mol. The average Bonchev–Trinajstić information content (AvgIpc) is 2.24. The molecule has 16 heavy (non-hydrogen) atoms. The molecule has 3 N–H and O–H groups in total. The van der Waals surface area contributed by atoms with Gasteiger partial charge in [0.1, 0.15) is 5.82 Å². The summed E-state index contributed by atoms with van der Waals surface area (Å²) in [5, 5.41) is 0. The van der Waals surface area contributed by atoms with Gasteiger partial charge in [-0.2, -0.15) is 0 Å². The number of aryl methyl sites for hydroxylation is 1. The second-order valence-corrected chi connectivity index (χ2v) is 4.41. The third kappa shape index (κ3) is 2.58. The molecule has 0 fully saturated rings. The van der Waals surface area contributed by atoms with Crippen molar-refractivity contribution in [2.75, 3.05) is 7.11 Å². The molecule has 0 aliphatic heterocycles. The molecule has 0 spiro atoms. The second kappa shape index (κ2) is 4.91. The number of halogens is 1. The highest BCUT2D eigenvalue weighted by Gasteiger charge is 2.31. The summed E-state index contributed by atoms with van der Waals surface area (Å²) in [6.07, 6.45) is 0. The summed E-state index contributed by atoms with van der Waals surface area (Å²) < 4.78 is 18.6. The first-order chi connectivity index (χ1) is 7.42. The lowest BCUT2D eigenvalue weighted by Gasteiger charge is -2.33. The summed E-state index contributed by atoms with van der Waals surface area (Å²) >= 11 is 0. The number of ether oxygens (including phenoxy) is 1. The van der Waals surface area contributed by atoms with E-state index in [1.165, 1.54) is 12.1 Å². The van der Waals surface area contributed by atoms with Gasteiger partial charge < -0.3 is 4.74 Å². The van der Waals surface area contributed by atoms with E-state index in [0.29, 0.717) is 0 Å². The molecule has 0 saturated heterocycles. The molecule has 0 amide bonds. The smallest absolute Gasteiger partial charge is 0.123 e. The third-order valence-electron chi connectivity index (χ3n) is 2.94. The Morgan fingerprint density at radius 1 is 1.44 bits per heavy atom. The first-order valence-electron chi connectivity index (χ1n) is 5.19. The quantitative estimate of drug-likeness (QED) is 0.610. The van der Waals surface area contributed by atoms with Crippen LogP contribution in [0.5, 0.6) is 0 Å². The Morgan fingerprint density at radius 3 is 2.56 bits per heavy atom. The SMILES string of the molecule is COC(C)(C)C(NN)c1cc(F)ccc1C. The van der Waals surface area contributed by atoms with Gasteiger partial charge in [0, 0.05) is 7.11 Å². The zero-order chi connectivity index (χ0) is 12.3. The molecule has 1 unspecified atom stereocenters. The third-order valence-corrected chi connectivity index (χ3v) is 2.94. The fourth-order valence-corrected chi connectivity index (χ4v) is 1.71. The van der Waals surface area contributed by atoms with Crippen molar-refractivity contribution in [3.8, 4) is 0 Å². The molecule has 0 radical (unpaired) electrons. The lowest BCUT2D eigenvalue weighted by molar-refractivity contribution is -0.0114. The van der Waals surface area contributed by atoms with Gasteiger partial charge in [-0.15, -0.1) is 0 Å². The number of hydrogen-bond donors (Lipinski definition) is 2. The fraction of sp³-hybridized carbons (Fsp3) is 0.500. The largest absolute Gasteiger partial charge is 0.377 e. The highest BCUT2D eigenvalue weighted by atomic mass is 19.1. The van der Waals surface area contributed by atoms with Crippen molar-refractivity contribution >= 4 is 0 Å². The van der Waals surface area contributed by atoms with Crippen LogP contribution in [0.15, 0.2) is 18.2 Å². The van der Waals surface area contributed by atoms with Crippen molar-refractivity contribution in [2.45, 2.75) is 32.4 Å². The molecule has 0 bridgehead atoms. The maximum atomic E-state index is 13.2. The van der Waals surface area contributed by atoms with Crippen LogP contribution in [0, 0.1) is 12.7 Å². The molecule has 3 nitrogen and oxygen atoms in total. The van der Waals surface area contributed by atoms with Crippen molar-refractivity contribution < 1.29 is 9.13 Å². The normalized spacial score (nSPS) is 13.9. The predicted octanol–water partition coefficient (Wildman–Crippen LogP) is 2.06. The van der Waals surface area contributed by atoms with Gasteiger partial charge >= 0.3 is 0 Å². The topological polar surface area (TPSA) is 47.3 Å². The van der Waals surface area contributed by atoms with E-state index in [1.807, 2.05) is 20.8 Å². The van der Waals surface area contributed by atoms with Gasteiger partial charge in [0.2, 0.25) is 0 Å². The molecule has 0 heterocycles. The molecular formula is C12H19FN2O. The molecular weight excluding hydrogens is 207 g/mol. The van der Waals surface area contributed by atoms with E-state index in [2.05, 4.69) is 5.43 Å². The van der Waals surface area contributed by atoms with E-state index >= 15 is 0 Å². The fourth-order valence-electron chi connectivity index (χ4n) is 1.71. The van der Waals surface area contributed by atoms with Crippen LogP contribution >= 0.6 is 0 Å². The first-order valence-corrected chi connectivity index (χ1v) is 5.19. The highest BCUT2D eigenvalue weighted by Crippen LogP contribution is 2.30. The van der Waals surface area contributed by atoms with Gasteiger partial charge in [-0.1, -0.05) is 6.07 Å². The van der Waals surface area contributed by atoms with E-state index in [-0.39, 0.29) is 11.9 Å². The number of rotatable bonds is 4. The van der Waals surface area contributed by atoms with Crippen LogP contribution < -0.4 is 11.3 Å². The Bertz CT molecular complexity index is 366. The minimum Gasteiger partial charge on any atom is -0.377 e. The van der Waals surface area contributed by atoms with Crippen LogP contribution in [0.3, 0.4) is 0 Å². The van der Waals surface area contributed by atoms with E-state index < -0.39 is 5.60 Å². The molecule has 1 atom stereocenters. The molecule has 1 aromatic carbocycles. The summed E-state index contributed by atoms with van der Waals surface area (Å²) in [6, 6.07) is 4.40. The van der Waals surface area contributed by atoms with E-state index in [0.717, 1.165) is 11.1 Å². The minimum atomic E-state index is -0.507. The van der Waals surface area contributed by atoms with Gasteiger partial charge in [0.25, 0.3) is 0 Å². The van der Waals surface area contributed by atoms with Gasteiger partial charge in [-0.3, -0.25) is 11.3 Å². The standard InChI is InChI=1S/C12H19FN2O/c1-8-5-6-9(13)7-10(8)11(15-14)12(2,3)16-4/h5-7,11,15H,14H2,1-4H3. The van der Waals surface area contributed by atoms with Crippen LogP contribution in [0.25, 0.3) is 0 Å². The van der Waals surface area contributed by atoms with Crippen LogP contribution in [-0.4, -0.2) is 12.7 Å². The lowest BCUT2D eigenvalue weighted by Crippen LogP contribution is -2.44. The Balaban J connectivity index is 3.18. The first kappa shape index (κ1) is 13.1. The molecule has 0 aliphatic rings. The predicted molar refractivity (Wildman–Crippen MR) is 62.3 cm³/mol. The Kier molecular flexibility index (Phi) is 4.02. The highest BCUT2D eigenvalue weighted by molar-refractivity contribution is 5.31. The van der Waals surface area contributed by atoms with Gasteiger partial charge in [-0.25, -0.2) is 4.39 Å². The Labute approximate surface area is 95.8 Å². The van der Waals surface area contributed by atoms with Crippen LogP contribution in [0.1, 0.15) is 31.0 Å². The Morgan fingerprint density at radius 2 is 2.06 bits per heavy atom. The summed E-state index contributed by atoms with van der Waals surface area (Å²) in [7, 11) is 1.61. The molecule has 4 heteroatoms. The van der Waals surface area contributed by atoms with Gasteiger partial charge in [-0.05, 0) is 44.0 Å². The summed E-state index contributed by atoms with van der Waals surface area (Å²) in [5.74, 6) is 5.26. The number of methoxy groups -OCH3 is 1. The van der Waals surface area contributed by atoms with Crippen LogP contribution in [0.2, 0.25) is 0 Å². The van der Waals surface area contributed by atoms with Crippen molar-refractivity contribution in [1.29, 1.82) is 0 Å². The number of nitrogens with two attached hydrogens (primary N) is 1. The van der Waals surface area contributed by atoms with Crippen molar-refractivity contribution in [2.24, 2.45) is 5.84 Å². The molecule has 0 aliphatic carbocycles. The van der Waals surface area contributed by atoms with Gasteiger partial charge in [0.15, 0.2) is 0 Å². The zero-order valence-electron chi connectivity index (χ0n) is 10.2. The number of hydrazine groups is 1. The maximum absolute atomic E-state index is 13.2. The molecule has 1 rings (SSSR count).